The van der Waals surface area contributed by atoms with Crippen molar-refractivity contribution in [1.82, 2.24) is 20.8 Å². The van der Waals surface area contributed by atoms with E-state index in [0.29, 0.717) is 24.9 Å². The Hall–Kier alpha value is -1.63. The molecule has 1 fully saturated rings. The van der Waals surface area contributed by atoms with Crippen LogP contribution >= 0.6 is 0 Å². The van der Waals surface area contributed by atoms with Crippen molar-refractivity contribution in [3.05, 3.63) is 11.7 Å². The van der Waals surface area contributed by atoms with Crippen molar-refractivity contribution < 1.29 is 9.26 Å². The van der Waals surface area contributed by atoms with Gasteiger partial charge in [0.25, 0.3) is 0 Å². The van der Waals surface area contributed by atoms with Gasteiger partial charge in [-0.15, -0.1) is 0 Å². The van der Waals surface area contributed by atoms with E-state index in [1.165, 1.54) is 0 Å². The highest BCUT2D eigenvalue weighted by molar-refractivity contribution is 5.80. The zero-order chi connectivity index (χ0) is 18.0. The number of guanidine groups is 1. The average Bonchev–Trinajstić information content (AvgIpc) is 3.01. The van der Waals surface area contributed by atoms with E-state index >= 15 is 0 Å². The molecule has 136 valence electrons. The number of hydrogen-bond donors (Lipinski definition) is 2. The maximum Gasteiger partial charge on any atom is 0.228 e. The Morgan fingerprint density at radius 1 is 1.42 bits per heavy atom. The van der Waals surface area contributed by atoms with Crippen LogP contribution in [0, 0.1) is 5.41 Å². The van der Waals surface area contributed by atoms with Crippen LogP contribution in [0.3, 0.4) is 0 Å². The van der Waals surface area contributed by atoms with Gasteiger partial charge in [-0.2, -0.15) is 4.98 Å². The van der Waals surface area contributed by atoms with Crippen molar-refractivity contribution in [2.45, 2.75) is 65.0 Å². The number of rotatable bonds is 6. The topological polar surface area (TPSA) is 84.6 Å². The van der Waals surface area contributed by atoms with Gasteiger partial charge in [-0.1, -0.05) is 32.9 Å². The van der Waals surface area contributed by atoms with Crippen molar-refractivity contribution in [3.63, 3.8) is 0 Å². The second-order valence-corrected chi connectivity index (χ2v) is 7.51. The van der Waals surface area contributed by atoms with Crippen LogP contribution in [-0.4, -0.2) is 48.4 Å². The molecule has 0 aromatic carbocycles. The summed E-state index contributed by atoms with van der Waals surface area (Å²) in [5, 5.41) is 10.8. The van der Waals surface area contributed by atoms with Crippen molar-refractivity contribution in [2.24, 2.45) is 10.4 Å². The molecule has 1 heterocycles. The summed E-state index contributed by atoms with van der Waals surface area (Å²) in [6.45, 7) is 11.4. The van der Waals surface area contributed by atoms with Gasteiger partial charge in [-0.05, 0) is 13.3 Å². The maximum atomic E-state index is 5.67. The van der Waals surface area contributed by atoms with E-state index in [2.05, 4.69) is 46.5 Å². The molecule has 0 radical (unpaired) electrons. The second-order valence-electron chi connectivity index (χ2n) is 7.51. The van der Waals surface area contributed by atoms with E-state index < -0.39 is 0 Å². The zero-order valence-corrected chi connectivity index (χ0v) is 15.9. The van der Waals surface area contributed by atoms with Crippen molar-refractivity contribution in [2.75, 3.05) is 20.7 Å². The van der Waals surface area contributed by atoms with E-state index in [9.17, 15) is 0 Å². The SMILES string of the molecule is CN=C(NCCc1nc(C(C)C)no1)NC1CC(C)(OC)C1(C)C. The Bertz CT molecular complexity index is 581. The fourth-order valence-electron chi connectivity index (χ4n) is 2.97. The van der Waals surface area contributed by atoms with Crippen LogP contribution in [0.25, 0.3) is 0 Å². The quantitative estimate of drug-likeness (QED) is 0.611. The van der Waals surface area contributed by atoms with E-state index in [1.807, 2.05) is 13.8 Å². The van der Waals surface area contributed by atoms with Gasteiger partial charge in [-0.25, -0.2) is 0 Å². The molecule has 1 aromatic rings. The Kier molecular flexibility index (Phi) is 5.52. The fraction of sp³-hybridized carbons (Fsp3) is 0.824. The third-order valence-corrected chi connectivity index (χ3v) is 5.44. The molecule has 1 aliphatic carbocycles. The fourth-order valence-corrected chi connectivity index (χ4v) is 2.97. The predicted molar refractivity (Wildman–Crippen MR) is 94.2 cm³/mol. The number of nitrogens with zero attached hydrogens (tertiary/aromatic N) is 3. The summed E-state index contributed by atoms with van der Waals surface area (Å²) in [6.07, 6.45) is 1.63. The van der Waals surface area contributed by atoms with Crippen LogP contribution in [0.1, 0.15) is 58.7 Å². The average molecular weight is 337 g/mol. The van der Waals surface area contributed by atoms with Gasteiger partial charge < -0.3 is 19.9 Å². The molecule has 7 nitrogen and oxygen atoms in total. The Morgan fingerprint density at radius 3 is 2.62 bits per heavy atom. The standard InChI is InChI=1S/C17H31N5O2/c1-11(2)14-21-13(24-22-14)8-9-19-15(18-6)20-12-10-17(5,23-7)16(12,3)4/h11-12H,8-10H2,1-7H3,(H2,18,19,20). The number of methoxy groups -OCH3 is 1. The lowest BCUT2D eigenvalue weighted by Gasteiger charge is -2.59. The Balaban J connectivity index is 1.81. The number of aliphatic imine (C=N–C) groups is 1. The molecule has 0 bridgehead atoms. The first-order chi connectivity index (χ1) is 11.2. The molecule has 24 heavy (non-hydrogen) atoms. The summed E-state index contributed by atoms with van der Waals surface area (Å²) in [6, 6.07) is 0.324. The molecule has 0 aliphatic heterocycles. The third kappa shape index (κ3) is 3.55. The first-order valence-corrected chi connectivity index (χ1v) is 8.58. The highest BCUT2D eigenvalue weighted by Gasteiger charge is 2.58. The molecule has 2 atom stereocenters. The van der Waals surface area contributed by atoms with E-state index in [-0.39, 0.29) is 16.9 Å². The summed E-state index contributed by atoms with van der Waals surface area (Å²) in [5.41, 5.74) is -0.0570. The first-order valence-electron chi connectivity index (χ1n) is 8.58. The van der Waals surface area contributed by atoms with Crippen LogP contribution in [-0.2, 0) is 11.2 Å². The molecular formula is C17H31N5O2. The van der Waals surface area contributed by atoms with E-state index in [1.54, 1.807) is 14.2 Å². The summed E-state index contributed by atoms with van der Waals surface area (Å²) in [7, 11) is 3.56. The Labute approximate surface area is 144 Å². The second kappa shape index (κ2) is 7.09. The minimum atomic E-state index is -0.0967. The van der Waals surface area contributed by atoms with Gasteiger partial charge >= 0.3 is 0 Å². The number of ether oxygens (including phenoxy) is 1. The smallest absolute Gasteiger partial charge is 0.228 e. The monoisotopic (exact) mass is 337 g/mol. The van der Waals surface area contributed by atoms with Crippen molar-refractivity contribution in [3.8, 4) is 0 Å². The molecule has 0 spiro atoms. The highest BCUT2D eigenvalue weighted by Crippen LogP contribution is 2.51. The van der Waals surface area contributed by atoms with Gasteiger partial charge in [0.1, 0.15) is 0 Å². The van der Waals surface area contributed by atoms with Crippen LogP contribution in [0.5, 0.6) is 0 Å². The molecule has 1 aromatic heterocycles. The highest BCUT2D eigenvalue weighted by atomic mass is 16.5. The van der Waals surface area contributed by atoms with Crippen LogP contribution in [0.2, 0.25) is 0 Å². The molecule has 0 amide bonds. The zero-order valence-electron chi connectivity index (χ0n) is 15.9. The van der Waals surface area contributed by atoms with Gasteiger partial charge in [0.15, 0.2) is 11.8 Å². The summed E-state index contributed by atoms with van der Waals surface area (Å²) >= 11 is 0. The van der Waals surface area contributed by atoms with Gasteiger partial charge in [0, 0.05) is 44.5 Å². The maximum absolute atomic E-state index is 5.67. The largest absolute Gasteiger partial charge is 0.378 e. The van der Waals surface area contributed by atoms with E-state index in [0.717, 1.165) is 18.2 Å². The molecular weight excluding hydrogens is 306 g/mol. The molecule has 0 saturated heterocycles. The molecule has 2 unspecified atom stereocenters. The van der Waals surface area contributed by atoms with Gasteiger partial charge in [0.2, 0.25) is 5.89 Å². The molecule has 7 heteroatoms. The Morgan fingerprint density at radius 2 is 2.12 bits per heavy atom. The predicted octanol–water partition coefficient (Wildman–Crippen LogP) is 2.10. The summed E-state index contributed by atoms with van der Waals surface area (Å²) < 4.78 is 10.9. The third-order valence-electron chi connectivity index (χ3n) is 5.44. The lowest BCUT2D eigenvalue weighted by Crippen LogP contribution is -2.69. The summed E-state index contributed by atoms with van der Waals surface area (Å²) in [4.78, 5) is 8.68. The number of nitrogens with one attached hydrogen (secondary N) is 2. The molecule has 1 saturated carbocycles. The van der Waals surface area contributed by atoms with Crippen LogP contribution in [0.4, 0.5) is 0 Å². The number of aromatic nitrogens is 2. The lowest BCUT2D eigenvalue weighted by atomic mass is 9.56. The van der Waals surface area contributed by atoms with E-state index in [4.69, 9.17) is 9.26 Å². The van der Waals surface area contributed by atoms with Crippen LogP contribution in [0.15, 0.2) is 9.52 Å². The van der Waals surface area contributed by atoms with Gasteiger partial charge in [0.05, 0.1) is 5.60 Å². The molecule has 2 N–H and O–H groups in total. The number of hydrogen-bond acceptors (Lipinski definition) is 5. The van der Waals surface area contributed by atoms with Crippen molar-refractivity contribution >= 4 is 5.96 Å². The minimum Gasteiger partial charge on any atom is -0.378 e. The first kappa shape index (κ1) is 18.7. The molecule has 1 aliphatic rings. The molecule has 2 rings (SSSR count). The van der Waals surface area contributed by atoms with Crippen molar-refractivity contribution in [1.29, 1.82) is 0 Å². The van der Waals surface area contributed by atoms with Crippen LogP contribution < -0.4 is 10.6 Å². The minimum absolute atomic E-state index is 0.0397. The normalized spacial score (nSPS) is 26.3. The summed E-state index contributed by atoms with van der Waals surface area (Å²) in [5.74, 6) is 2.47. The lowest BCUT2D eigenvalue weighted by molar-refractivity contribution is -0.176. The van der Waals surface area contributed by atoms with Gasteiger partial charge in [-0.3, -0.25) is 4.99 Å².